The van der Waals surface area contributed by atoms with Gasteiger partial charge in [-0.05, 0) is 83.1 Å². The molecule has 0 radical (unpaired) electrons. The van der Waals surface area contributed by atoms with Crippen molar-refractivity contribution in [2.24, 2.45) is 0 Å². The molecule has 80 heavy (non-hydrogen) atoms. The highest BCUT2D eigenvalue weighted by atomic mass is 31.2. The Kier molecular flexibility index (Phi) is 57.3. The lowest BCUT2D eigenvalue weighted by molar-refractivity contribution is -0.870. The van der Waals surface area contributed by atoms with Crippen LogP contribution in [0.2, 0.25) is 0 Å². The van der Waals surface area contributed by atoms with Crippen LogP contribution in [0, 0.1) is 0 Å². The summed E-state index contributed by atoms with van der Waals surface area (Å²) < 4.78 is 30.8. The largest absolute Gasteiger partial charge is 0.472 e. The lowest BCUT2D eigenvalue weighted by Crippen LogP contribution is -2.47. The Hall–Kier alpha value is -2.81. The molecule has 0 aliphatic carbocycles. The van der Waals surface area contributed by atoms with E-state index >= 15 is 0 Å². The Bertz CT molecular complexity index is 1640. The fraction of sp³-hybridized carbons (Fsp3) is 0.771. The third-order valence-electron chi connectivity index (χ3n) is 14.6. The van der Waals surface area contributed by atoms with Crippen molar-refractivity contribution < 1.29 is 37.3 Å². The van der Waals surface area contributed by atoms with Crippen LogP contribution in [0.15, 0.2) is 85.1 Å². The summed E-state index contributed by atoms with van der Waals surface area (Å²) in [4.78, 5) is 37.8. The Morgan fingerprint density at radius 1 is 0.450 bits per heavy atom. The van der Waals surface area contributed by atoms with Gasteiger partial charge in [-0.25, -0.2) is 4.57 Å². The molecule has 0 spiro atoms. The van der Waals surface area contributed by atoms with Crippen molar-refractivity contribution in [1.29, 1.82) is 0 Å². The first-order chi connectivity index (χ1) is 38.9. The molecule has 0 heterocycles. The number of unbranched alkanes of at least 4 members (excludes halogenated alkanes) is 32. The van der Waals surface area contributed by atoms with Crippen molar-refractivity contribution in [2.45, 2.75) is 309 Å². The van der Waals surface area contributed by atoms with Crippen molar-refractivity contribution in [1.82, 2.24) is 5.32 Å². The number of phosphoric ester groups is 1. The molecule has 1 amide bonds. The SMILES string of the molecule is CC/C=C\C/C=C\C/C=C\C/C=C\C/C=C\C/C=C\CCCCCCCCCCC(=O)NC(COP(=O)(O)OCC[N+](C)(C)C)C(/C=C\CCCCCCCCCCCCC)OC(=O)CCCCCCCCCCCCCCCC. The van der Waals surface area contributed by atoms with Crippen molar-refractivity contribution in [3.05, 3.63) is 85.1 Å². The van der Waals surface area contributed by atoms with Crippen LogP contribution in [0.1, 0.15) is 297 Å². The van der Waals surface area contributed by atoms with Gasteiger partial charge in [0.05, 0.1) is 33.8 Å². The number of amides is 1. The van der Waals surface area contributed by atoms with Gasteiger partial charge in [-0.3, -0.25) is 18.6 Å². The van der Waals surface area contributed by atoms with Gasteiger partial charge in [-0.1, -0.05) is 286 Å². The van der Waals surface area contributed by atoms with E-state index in [1.807, 2.05) is 33.3 Å². The molecule has 0 saturated carbocycles. The molecule has 464 valence electrons. The molecule has 0 saturated heterocycles. The highest BCUT2D eigenvalue weighted by Crippen LogP contribution is 2.43. The summed E-state index contributed by atoms with van der Waals surface area (Å²) in [6, 6.07) is -0.855. The second-order valence-electron chi connectivity index (χ2n) is 23.6. The maximum atomic E-state index is 13.6. The fourth-order valence-electron chi connectivity index (χ4n) is 9.47. The summed E-state index contributed by atoms with van der Waals surface area (Å²) >= 11 is 0. The fourth-order valence-corrected chi connectivity index (χ4v) is 10.2. The van der Waals surface area contributed by atoms with Gasteiger partial charge in [-0.15, -0.1) is 0 Å². The minimum absolute atomic E-state index is 0.0368. The molecule has 0 aliphatic rings. The quantitative estimate of drug-likeness (QED) is 0.0205. The number of hydrogen-bond donors (Lipinski definition) is 2. The highest BCUT2D eigenvalue weighted by molar-refractivity contribution is 7.47. The average molecular weight is 1140 g/mol. The number of carbonyl (C=O) groups is 2. The number of esters is 1. The first-order valence-corrected chi connectivity index (χ1v) is 34.9. The van der Waals surface area contributed by atoms with Crippen molar-refractivity contribution >= 4 is 19.7 Å². The maximum Gasteiger partial charge on any atom is 0.472 e. The Labute approximate surface area is 495 Å². The smallest absolute Gasteiger partial charge is 0.456 e. The molecule has 10 heteroatoms. The van der Waals surface area contributed by atoms with Gasteiger partial charge in [0.1, 0.15) is 19.3 Å². The lowest BCUT2D eigenvalue weighted by atomic mass is 10.0. The first-order valence-electron chi connectivity index (χ1n) is 33.4. The van der Waals surface area contributed by atoms with Crippen LogP contribution in [0.4, 0.5) is 0 Å². The minimum Gasteiger partial charge on any atom is -0.456 e. The molecule has 9 nitrogen and oxygen atoms in total. The number of ether oxygens (including phenoxy) is 1. The van der Waals surface area contributed by atoms with E-state index in [2.05, 4.69) is 99.0 Å². The van der Waals surface area contributed by atoms with Crippen LogP contribution in [0.3, 0.4) is 0 Å². The van der Waals surface area contributed by atoms with E-state index < -0.39 is 20.0 Å². The van der Waals surface area contributed by atoms with E-state index in [0.717, 1.165) is 109 Å². The van der Waals surface area contributed by atoms with Crippen molar-refractivity contribution in [2.75, 3.05) is 40.9 Å². The van der Waals surface area contributed by atoms with Crippen LogP contribution in [-0.4, -0.2) is 74.3 Å². The summed E-state index contributed by atoms with van der Waals surface area (Å²) in [6.07, 6.45) is 78.7. The molecule has 0 aromatic heterocycles. The molecular weight excluding hydrogens is 1010 g/mol. The number of carbonyl (C=O) groups excluding carboxylic acids is 2. The molecule has 0 aromatic rings. The normalized spacial score (nSPS) is 14.1. The lowest BCUT2D eigenvalue weighted by Gasteiger charge is -2.27. The van der Waals surface area contributed by atoms with Crippen LogP contribution >= 0.6 is 7.82 Å². The number of likely N-dealkylation sites (N-methyl/N-ethyl adjacent to an activating group) is 1. The maximum absolute atomic E-state index is 13.6. The monoisotopic (exact) mass is 1140 g/mol. The van der Waals surface area contributed by atoms with Gasteiger partial charge in [0.25, 0.3) is 0 Å². The number of nitrogens with one attached hydrogen (secondary N) is 1. The van der Waals surface area contributed by atoms with Gasteiger partial charge in [0.15, 0.2) is 0 Å². The van der Waals surface area contributed by atoms with E-state index in [1.165, 1.54) is 154 Å². The zero-order chi connectivity index (χ0) is 58.6. The van der Waals surface area contributed by atoms with E-state index in [9.17, 15) is 19.0 Å². The summed E-state index contributed by atoms with van der Waals surface area (Å²) in [5, 5.41) is 3.06. The summed E-state index contributed by atoms with van der Waals surface area (Å²) in [6.45, 7) is 6.91. The number of quaternary nitrogens is 1. The molecule has 3 atom stereocenters. The number of hydrogen-bond acceptors (Lipinski definition) is 6. The van der Waals surface area contributed by atoms with Gasteiger partial charge < -0.3 is 19.4 Å². The molecule has 0 aromatic carbocycles. The number of allylic oxidation sites excluding steroid dienone is 13. The molecule has 3 unspecified atom stereocenters. The topological polar surface area (TPSA) is 111 Å². The van der Waals surface area contributed by atoms with Crippen LogP contribution in [0.5, 0.6) is 0 Å². The van der Waals surface area contributed by atoms with Gasteiger partial charge >= 0.3 is 13.8 Å². The summed E-state index contributed by atoms with van der Waals surface area (Å²) in [5.74, 6) is -0.508. The van der Waals surface area contributed by atoms with E-state index in [1.54, 1.807) is 0 Å². The van der Waals surface area contributed by atoms with Crippen molar-refractivity contribution in [3.8, 4) is 0 Å². The zero-order valence-electron chi connectivity index (χ0n) is 53.1. The first kappa shape index (κ1) is 77.2. The minimum atomic E-state index is -4.46. The predicted molar refractivity (Wildman–Crippen MR) is 346 cm³/mol. The molecule has 0 rings (SSSR count). The molecule has 0 aliphatic heterocycles. The second-order valence-corrected chi connectivity index (χ2v) is 25.1. The predicted octanol–water partition coefficient (Wildman–Crippen LogP) is 21.0. The van der Waals surface area contributed by atoms with Crippen LogP contribution in [-0.2, 0) is 27.9 Å². The van der Waals surface area contributed by atoms with Gasteiger partial charge in [0, 0.05) is 12.8 Å². The standard InChI is InChI=1S/C70H127N2O7P/c1-7-10-13-16-19-22-25-28-30-31-32-33-34-35-36-37-38-39-40-41-42-44-47-50-53-56-59-62-69(73)71-67(66-78-80(75,76)77-65-64-72(4,5)6)68(61-58-55-52-49-46-43-27-24-21-18-15-12-9-3)79-70(74)63-60-57-54-51-48-45-29-26-23-20-17-14-11-8-2/h10,13,19,22,28,30,32-33,35-36,38-39,58,61,67-68H,7-9,11-12,14-18,20-21,23-27,29,31,34,37,40-57,59-60,62-66H2,1-6H3,(H-,71,73,75,76)/p+1/b13-10-,22-19-,30-28-,33-32-,36-35-,39-38-,61-58-. The Morgan fingerprint density at radius 3 is 1.20 bits per heavy atom. The van der Waals surface area contributed by atoms with Gasteiger partial charge in [0.2, 0.25) is 5.91 Å². The van der Waals surface area contributed by atoms with Gasteiger partial charge in [-0.2, -0.15) is 0 Å². The Balaban J connectivity index is 5.12. The molecule has 2 N–H and O–H groups in total. The number of phosphoric acid groups is 1. The third kappa shape index (κ3) is 59.8. The van der Waals surface area contributed by atoms with Crippen LogP contribution < -0.4 is 5.32 Å². The Morgan fingerprint density at radius 2 is 0.800 bits per heavy atom. The second kappa shape index (κ2) is 59.4. The average Bonchev–Trinajstić information content (AvgIpc) is 3.42. The highest BCUT2D eigenvalue weighted by Gasteiger charge is 2.30. The van der Waals surface area contributed by atoms with E-state index in [0.29, 0.717) is 23.9 Å². The van der Waals surface area contributed by atoms with E-state index in [-0.39, 0.29) is 25.1 Å². The van der Waals surface area contributed by atoms with E-state index in [4.69, 9.17) is 13.8 Å². The molecular formula is C70H128N2O7P+. The van der Waals surface area contributed by atoms with Crippen molar-refractivity contribution in [3.63, 3.8) is 0 Å². The number of nitrogens with zero attached hydrogens (tertiary/aromatic N) is 1. The molecule has 0 bridgehead atoms. The summed E-state index contributed by atoms with van der Waals surface area (Å²) in [7, 11) is 1.49. The molecule has 0 fully saturated rings. The number of rotatable bonds is 60. The summed E-state index contributed by atoms with van der Waals surface area (Å²) in [5.41, 5.74) is 0. The third-order valence-corrected chi connectivity index (χ3v) is 15.6. The zero-order valence-corrected chi connectivity index (χ0v) is 54.0. The van der Waals surface area contributed by atoms with Crippen LogP contribution in [0.25, 0.3) is 0 Å².